The standard InChI is InChI=1S/C20H18N4O/c1-20(2)10-17-16(19(25)23-12-20)9-13(11-22-17)3-5-15-6-4-14-7-8-21-18(14)24-15/h4,6-9,11H,10,12H2,1-2H3,(H,21,24)(H,23,25). The van der Waals surface area contributed by atoms with Crippen LogP contribution in [0.2, 0.25) is 0 Å². The lowest BCUT2D eigenvalue weighted by Gasteiger charge is -2.21. The van der Waals surface area contributed by atoms with Gasteiger partial charge in [0.1, 0.15) is 11.3 Å². The molecule has 4 heterocycles. The molecule has 5 nitrogen and oxygen atoms in total. The van der Waals surface area contributed by atoms with E-state index in [-0.39, 0.29) is 11.3 Å². The Morgan fingerprint density at radius 3 is 2.96 bits per heavy atom. The molecule has 0 fully saturated rings. The average Bonchev–Trinajstić information content (AvgIpc) is 3.02. The van der Waals surface area contributed by atoms with Gasteiger partial charge >= 0.3 is 0 Å². The Bertz CT molecular complexity index is 1040. The van der Waals surface area contributed by atoms with Gasteiger partial charge in [-0.1, -0.05) is 19.8 Å². The first-order valence-corrected chi connectivity index (χ1v) is 8.23. The number of carbonyl (C=O) groups is 1. The minimum Gasteiger partial charge on any atom is -0.351 e. The van der Waals surface area contributed by atoms with E-state index >= 15 is 0 Å². The van der Waals surface area contributed by atoms with E-state index in [1.807, 2.05) is 30.5 Å². The van der Waals surface area contributed by atoms with Gasteiger partial charge in [-0.3, -0.25) is 9.78 Å². The van der Waals surface area contributed by atoms with Gasteiger partial charge in [0, 0.05) is 29.9 Å². The van der Waals surface area contributed by atoms with Crippen LogP contribution in [0.15, 0.2) is 36.7 Å². The third-order valence-electron chi connectivity index (χ3n) is 4.33. The van der Waals surface area contributed by atoms with Crippen LogP contribution in [0.25, 0.3) is 11.0 Å². The quantitative estimate of drug-likeness (QED) is 0.623. The molecule has 5 heteroatoms. The third-order valence-corrected chi connectivity index (χ3v) is 4.33. The molecule has 0 spiro atoms. The van der Waals surface area contributed by atoms with E-state index in [1.54, 1.807) is 6.20 Å². The highest BCUT2D eigenvalue weighted by Gasteiger charge is 2.27. The number of rotatable bonds is 0. The maximum atomic E-state index is 12.3. The Morgan fingerprint density at radius 2 is 2.08 bits per heavy atom. The minimum atomic E-state index is -0.0809. The van der Waals surface area contributed by atoms with Crippen molar-refractivity contribution in [1.82, 2.24) is 20.3 Å². The van der Waals surface area contributed by atoms with Crippen molar-refractivity contribution in [2.75, 3.05) is 6.54 Å². The molecule has 1 aliphatic rings. The Morgan fingerprint density at radius 1 is 1.20 bits per heavy atom. The number of hydrogen-bond acceptors (Lipinski definition) is 3. The number of carbonyl (C=O) groups excluding carboxylic acids is 1. The fraction of sp³-hybridized carbons (Fsp3) is 0.250. The summed E-state index contributed by atoms with van der Waals surface area (Å²) < 4.78 is 0. The van der Waals surface area contributed by atoms with Crippen LogP contribution < -0.4 is 5.32 Å². The molecule has 2 N–H and O–H groups in total. The lowest BCUT2D eigenvalue weighted by atomic mass is 9.87. The molecule has 3 aromatic rings. The van der Waals surface area contributed by atoms with Gasteiger partial charge in [0.25, 0.3) is 5.91 Å². The van der Waals surface area contributed by atoms with Crippen LogP contribution in [0.5, 0.6) is 0 Å². The average molecular weight is 330 g/mol. The molecule has 124 valence electrons. The zero-order valence-electron chi connectivity index (χ0n) is 14.2. The van der Waals surface area contributed by atoms with Gasteiger partial charge in [-0.05, 0) is 42.0 Å². The summed E-state index contributed by atoms with van der Waals surface area (Å²) in [5.41, 5.74) is 3.64. The second-order valence-electron chi connectivity index (χ2n) is 7.10. The Kier molecular flexibility index (Phi) is 3.54. The van der Waals surface area contributed by atoms with E-state index in [1.165, 1.54) is 0 Å². The number of hydrogen-bond donors (Lipinski definition) is 2. The fourth-order valence-electron chi connectivity index (χ4n) is 2.97. The second-order valence-corrected chi connectivity index (χ2v) is 7.10. The molecule has 4 rings (SSSR count). The summed E-state index contributed by atoms with van der Waals surface area (Å²) in [4.78, 5) is 24.3. The Labute approximate surface area is 145 Å². The molecule has 0 saturated carbocycles. The molecule has 1 amide bonds. The topological polar surface area (TPSA) is 70.7 Å². The molecule has 1 aliphatic heterocycles. The van der Waals surface area contributed by atoms with Gasteiger partial charge in [-0.15, -0.1) is 0 Å². The van der Waals surface area contributed by atoms with Gasteiger partial charge in [-0.2, -0.15) is 0 Å². The highest BCUT2D eigenvalue weighted by atomic mass is 16.1. The number of fused-ring (bicyclic) bond motifs is 2. The summed E-state index contributed by atoms with van der Waals surface area (Å²) in [7, 11) is 0. The van der Waals surface area contributed by atoms with Crippen LogP contribution >= 0.6 is 0 Å². The Hall–Kier alpha value is -3.13. The molecular formula is C20H18N4O. The van der Waals surface area contributed by atoms with Gasteiger partial charge < -0.3 is 10.3 Å². The first-order valence-electron chi connectivity index (χ1n) is 8.23. The minimum absolute atomic E-state index is 0.00349. The van der Waals surface area contributed by atoms with Crippen LogP contribution in [0.3, 0.4) is 0 Å². The van der Waals surface area contributed by atoms with Crippen molar-refractivity contribution in [2.24, 2.45) is 5.41 Å². The number of aromatic nitrogens is 3. The number of nitrogens with zero attached hydrogens (tertiary/aromatic N) is 2. The van der Waals surface area contributed by atoms with Crippen molar-refractivity contribution in [3.63, 3.8) is 0 Å². The summed E-state index contributed by atoms with van der Waals surface area (Å²) in [6, 6.07) is 7.65. The normalized spacial score (nSPS) is 15.7. The van der Waals surface area contributed by atoms with E-state index in [9.17, 15) is 4.79 Å². The van der Waals surface area contributed by atoms with Crippen molar-refractivity contribution in [3.05, 3.63) is 59.2 Å². The number of aromatic amines is 1. The fourth-order valence-corrected chi connectivity index (χ4v) is 2.97. The van der Waals surface area contributed by atoms with Crippen LogP contribution in [-0.4, -0.2) is 27.4 Å². The van der Waals surface area contributed by atoms with Crippen molar-refractivity contribution in [2.45, 2.75) is 20.3 Å². The molecule has 0 aliphatic carbocycles. The monoisotopic (exact) mass is 330 g/mol. The predicted octanol–water partition coefficient (Wildman–Crippen LogP) is 2.67. The van der Waals surface area contributed by atoms with E-state index in [0.29, 0.717) is 23.4 Å². The lowest BCUT2D eigenvalue weighted by Crippen LogP contribution is -2.31. The van der Waals surface area contributed by atoms with Gasteiger partial charge in [0.2, 0.25) is 0 Å². The van der Waals surface area contributed by atoms with Crippen molar-refractivity contribution in [1.29, 1.82) is 0 Å². The molecule has 0 saturated heterocycles. The lowest BCUT2D eigenvalue weighted by molar-refractivity contribution is 0.0944. The summed E-state index contributed by atoms with van der Waals surface area (Å²) in [6.45, 7) is 4.89. The maximum Gasteiger partial charge on any atom is 0.253 e. The zero-order chi connectivity index (χ0) is 17.4. The third kappa shape index (κ3) is 3.11. The first-order chi connectivity index (χ1) is 12.0. The molecule has 0 bridgehead atoms. The highest BCUT2D eigenvalue weighted by molar-refractivity contribution is 5.96. The molecule has 0 aromatic carbocycles. The summed E-state index contributed by atoms with van der Waals surface area (Å²) in [5.74, 6) is 6.02. The zero-order valence-corrected chi connectivity index (χ0v) is 14.2. The van der Waals surface area contributed by atoms with E-state index in [2.05, 4.69) is 46.0 Å². The number of H-pyrrole nitrogens is 1. The highest BCUT2D eigenvalue weighted by Crippen LogP contribution is 2.25. The smallest absolute Gasteiger partial charge is 0.253 e. The number of amides is 1. The SMILES string of the molecule is CC1(C)CNC(=O)c2cc(C#Cc3ccc4cc[nH]c4n3)cnc2C1. The van der Waals surface area contributed by atoms with Crippen LogP contribution in [0, 0.1) is 17.3 Å². The number of pyridine rings is 2. The maximum absolute atomic E-state index is 12.3. The second kappa shape index (κ2) is 5.75. The first kappa shape index (κ1) is 15.4. The molecule has 3 aromatic heterocycles. The van der Waals surface area contributed by atoms with Crippen molar-refractivity contribution < 1.29 is 4.79 Å². The molecular weight excluding hydrogens is 312 g/mol. The molecule has 0 radical (unpaired) electrons. The van der Waals surface area contributed by atoms with E-state index in [0.717, 1.165) is 23.1 Å². The largest absolute Gasteiger partial charge is 0.351 e. The van der Waals surface area contributed by atoms with Crippen LogP contribution in [-0.2, 0) is 6.42 Å². The van der Waals surface area contributed by atoms with Gasteiger partial charge in [-0.25, -0.2) is 4.98 Å². The van der Waals surface area contributed by atoms with Gasteiger partial charge in [0.05, 0.1) is 11.3 Å². The van der Waals surface area contributed by atoms with Crippen molar-refractivity contribution in [3.8, 4) is 11.8 Å². The van der Waals surface area contributed by atoms with Gasteiger partial charge in [0.15, 0.2) is 0 Å². The summed E-state index contributed by atoms with van der Waals surface area (Å²) >= 11 is 0. The summed E-state index contributed by atoms with van der Waals surface area (Å²) in [5, 5.41) is 4.02. The molecule has 0 atom stereocenters. The van der Waals surface area contributed by atoms with Crippen LogP contribution in [0.4, 0.5) is 0 Å². The molecule has 25 heavy (non-hydrogen) atoms. The Balaban J connectivity index is 1.67. The van der Waals surface area contributed by atoms with Crippen LogP contribution in [0.1, 0.15) is 41.2 Å². The van der Waals surface area contributed by atoms with E-state index < -0.39 is 0 Å². The van der Waals surface area contributed by atoms with E-state index in [4.69, 9.17) is 0 Å². The number of nitrogens with one attached hydrogen (secondary N) is 2. The summed E-state index contributed by atoms with van der Waals surface area (Å²) in [6.07, 6.45) is 4.35. The predicted molar refractivity (Wildman–Crippen MR) is 96.1 cm³/mol. The molecule has 0 unspecified atom stereocenters. The van der Waals surface area contributed by atoms with Crippen molar-refractivity contribution >= 4 is 16.9 Å².